The molecule has 1 N–H and O–H groups in total. The van der Waals surface area contributed by atoms with Gasteiger partial charge in [-0.3, -0.25) is 4.79 Å². The molecule has 0 saturated carbocycles. The quantitative estimate of drug-likeness (QED) is 0.637. The Morgan fingerprint density at radius 2 is 2.05 bits per heavy atom. The summed E-state index contributed by atoms with van der Waals surface area (Å²) in [6.45, 7) is 3.82. The minimum atomic E-state index is -0.777. The predicted molar refractivity (Wildman–Crippen MR) is 74.0 cm³/mol. The number of nitrogens with one attached hydrogen (secondary N) is 1. The van der Waals surface area contributed by atoms with Gasteiger partial charge in [-0.15, -0.1) is 0 Å². The number of hydrogen-bond donors (Lipinski definition) is 1. The van der Waals surface area contributed by atoms with Gasteiger partial charge >= 0.3 is 18.0 Å². The van der Waals surface area contributed by atoms with E-state index in [2.05, 4.69) is 16.6 Å². The SMILES string of the molecule is C=Cc1ccc(COC(=O)CC[C@@H]2NC(=O)OC2=O)cc1. The van der Waals surface area contributed by atoms with Crippen LogP contribution in [0.3, 0.4) is 0 Å². The summed E-state index contributed by atoms with van der Waals surface area (Å²) in [4.78, 5) is 33.5. The maximum absolute atomic E-state index is 11.6. The number of esters is 2. The molecule has 0 aliphatic carbocycles. The monoisotopic (exact) mass is 289 g/mol. The van der Waals surface area contributed by atoms with Gasteiger partial charge in [-0.2, -0.15) is 0 Å². The number of carbonyl (C=O) groups excluding carboxylic acids is 3. The van der Waals surface area contributed by atoms with Gasteiger partial charge in [0.25, 0.3) is 0 Å². The van der Waals surface area contributed by atoms with Crippen molar-refractivity contribution in [3.63, 3.8) is 0 Å². The average molecular weight is 289 g/mol. The van der Waals surface area contributed by atoms with Crippen LogP contribution in [0.2, 0.25) is 0 Å². The average Bonchev–Trinajstić information content (AvgIpc) is 2.81. The normalized spacial score (nSPS) is 17.0. The van der Waals surface area contributed by atoms with Gasteiger partial charge in [0.2, 0.25) is 0 Å². The summed E-state index contributed by atoms with van der Waals surface area (Å²) in [6, 6.07) is 6.68. The van der Waals surface area contributed by atoms with E-state index in [0.29, 0.717) is 0 Å². The van der Waals surface area contributed by atoms with Crippen LogP contribution >= 0.6 is 0 Å². The first kappa shape index (κ1) is 14.8. The molecule has 0 unspecified atom stereocenters. The molecule has 0 radical (unpaired) electrons. The van der Waals surface area contributed by atoms with Crippen LogP contribution in [-0.2, 0) is 25.7 Å². The van der Waals surface area contributed by atoms with Crippen LogP contribution in [-0.4, -0.2) is 24.1 Å². The van der Waals surface area contributed by atoms with Gasteiger partial charge in [-0.1, -0.05) is 36.9 Å². The highest BCUT2D eigenvalue weighted by atomic mass is 16.6. The molecule has 1 saturated heterocycles. The number of benzene rings is 1. The maximum atomic E-state index is 11.6. The fourth-order valence-corrected chi connectivity index (χ4v) is 1.83. The summed E-state index contributed by atoms with van der Waals surface area (Å²) in [5, 5.41) is 2.32. The molecular weight excluding hydrogens is 274 g/mol. The van der Waals surface area contributed by atoms with E-state index in [1.54, 1.807) is 6.08 Å². The zero-order valence-electron chi connectivity index (χ0n) is 11.3. The van der Waals surface area contributed by atoms with Crippen molar-refractivity contribution < 1.29 is 23.9 Å². The smallest absolute Gasteiger partial charge is 0.415 e. The molecule has 6 heteroatoms. The molecule has 1 aliphatic heterocycles. The Morgan fingerprint density at radius 3 is 2.62 bits per heavy atom. The lowest BCUT2D eigenvalue weighted by Gasteiger charge is -2.07. The molecule has 21 heavy (non-hydrogen) atoms. The predicted octanol–water partition coefficient (Wildman–Crippen LogP) is 1.79. The van der Waals surface area contributed by atoms with E-state index in [1.165, 1.54) is 0 Å². The third-order valence-electron chi connectivity index (χ3n) is 3.02. The summed E-state index contributed by atoms with van der Waals surface area (Å²) < 4.78 is 9.40. The van der Waals surface area contributed by atoms with Crippen molar-refractivity contribution in [2.45, 2.75) is 25.5 Å². The van der Waals surface area contributed by atoms with E-state index < -0.39 is 24.1 Å². The Labute approximate surface area is 121 Å². The van der Waals surface area contributed by atoms with Gasteiger partial charge < -0.3 is 14.8 Å². The summed E-state index contributed by atoms with van der Waals surface area (Å²) in [5.74, 6) is -1.09. The van der Waals surface area contributed by atoms with E-state index in [-0.39, 0.29) is 19.4 Å². The summed E-state index contributed by atoms with van der Waals surface area (Å²) in [6.07, 6.45) is 1.15. The summed E-state index contributed by atoms with van der Waals surface area (Å²) in [5.41, 5.74) is 1.85. The first-order valence-corrected chi connectivity index (χ1v) is 6.47. The Hall–Kier alpha value is -2.63. The van der Waals surface area contributed by atoms with E-state index in [9.17, 15) is 14.4 Å². The zero-order chi connectivity index (χ0) is 15.2. The van der Waals surface area contributed by atoms with Crippen LogP contribution in [0.15, 0.2) is 30.8 Å². The second kappa shape index (κ2) is 6.69. The Morgan fingerprint density at radius 1 is 1.33 bits per heavy atom. The highest BCUT2D eigenvalue weighted by Gasteiger charge is 2.32. The lowest BCUT2D eigenvalue weighted by atomic mass is 10.1. The van der Waals surface area contributed by atoms with Crippen LogP contribution in [0.5, 0.6) is 0 Å². The van der Waals surface area contributed by atoms with Crippen LogP contribution in [0.4, 0.5) is 4.79 Å². The standard InChI is InChI=1S/C15H15NO5/c1-2-10-3-5-11(6-4-10)9-20-13(17)8-7-12-14(18)21-15(19)16-12/h2-6,12H,1,7-9H2,(H,16,19)/t12-/m0/s1. The third-order valence-corrected chi connectivity index (χ3v) is 3.02. The Bertz CT molecular complexity index is 564. The van der Waals surface area contributed by atoms with Crippen molar-refractivity contribution in [3.05, 3.63) is 42.0 Å². The number of alkyl carbamates (subject to hydrolysis) is 1. The molecule has 110 valence electrons. The zero-order valence-corrected chi connectivity index (χ0v) is 11.3. The van der Waals surface area contributed by atoms with Crippen LogP contribution in [0, 0.1) is 0 Å². The molecule has 1 atom stereocenters. The molecule has 0 aromatic heterocycles. The molecule has 1 aromatic rings. The van der Waals surface area contributed by atoms with Crippen molar-refractivity contribution in [1.82, 2.24) is 5.32 Å². The minimum Gasteiger partial charge on any atom is -0.461 e. The molecule has 1 aromatic carbocycles. The fraction of sp³-hybridized carbons (Fsp3) is 0.267. The number of cyclic esters (lactones) is 2. The van der Waals surface area contributed by atoms with Crippen LogP contribution in [0.1, 0.15) is 24.0 Å². The van der Waals surface area contributed by atoms with Gasteiger partial charge in [-0.25, -0.2) is 9.59 Å². The van der Waals surface area contributed by atoms with Crippen molar-refractivity contribution in [3.8, 4) is 0 Å². The van der Waals surface area contributed by atoms with E-state index in [1.807, 2.05) is 24.3 Å². The fourth-order valence-electron chi connectivity index (χ4n) is 1.83. The summed E-state index contributed by atoms with van der Waals surface area (Å²) >= 11 is 0. The molecule has 0 spiro atoms. The lowest BCUT2D eigenvalue weighted by Crippen LogP contribution is -2.29. The topological polar surface area (TPSA) is 81.7 Å². The first-order valence-electron chi connectivity index (χ1n) is 6.47. The highest BCUT2D eigenvalue weighted by Crippen LogP contribution is 2.10. The molecule has 0 bridgehead atoms. The highest BCUT2D eigenvalue weighted by molar-refractivity contribution is 5.95. The van der Waals surface area contributed by atoms with Crippen molar-refractivity contribution in [2.24, 2.45) is 0 Å². The van der Waals surface area contributed by atoms with Crippen LogP contribution in [0.25, 0.3) is 6.08 Å². The Balaban J connectivity index is 1.73. The number of rotatable bonds is 6. The van der Waals surface area contributed by atoms with Gasteiger partial charge in [0.05, 0.1) is 0 Å². The molecule has 1 amide bonds. The molecule has 1 fully saturated rings. The van der Waals surface area contributed by atoms with Crippen molar-refractivity contribution in [2.75, 3.05) is 0 Å². The minimum absolute atomic E-state index is 0.0325. The molecule has 6 nitrogen and oxygen atoms in total. The maximum Gasteiger partial charge on any atom is 0.415 e. The van der Waals surface area contributed by atoms with Gasteiger partial charge in [-0.05, 0) is 17.5 Å². The van der Waals surface area contributed by atoms with Gasteiger partial charge in [0.15, 0.2) is 0 Å². The number of hydrogen-bond acceptors (Lipinski definition) is 5. The summed E-state index contributed by atoms with van der Waals surface area (Å²) in [7, 11) is 0. The van der Waals surface area contributed by atoms with E-state index >= 15 is 0 Å². The molecule has 1 aliphatic rings. The lowest BCUT2D eigenvalue weighted by molar-refractivity contribution is -0.145. The van der Waals surface area contributed by atoms with Crippen molar-refractivity contribution >= 4 is 24.1 Å². The third kappa shape index (κ3) is 4.17. The molecule has 2 rings (SSSR count). The van der Waals surface area contributed by atoms with E-state index in [0.717, 1.165) is 11.1 Å². The molecular formula is C15H15NO5. The van der Waals surface area contributed by atoms with Crippen LogP contribution < -0.4 is 5.32 Å². The number of ether oxygens (including phenoxy) is 2. The first-order chi connectivity index (χ1) is 10.1. The second-order valence-electron chi connectivity index (χ2n) is 4.55. The number of amides is 1. The largest absolute Gasteiger partial charge is 0.461 e. The second-order valence-corrected chi connectivity index (χ2v) is 4.55. The Kier molecular flexibility index (Phi) is 4.71. The van der Waals surface area contributed by atoms with Gasteiger partial charge in [0.1, 0.15) is 12.6 Å². The van der Waals surface area contributed by atoms with Gasteiger partial charge in [0, 0.05) is 6.42 Å². The van der Waals surface area contributed by atoms with Crippen molar-refractivity contribution in [1.29, 1.82) is 0 Å². The number of carbonyl (C=O) groups is 3. The van der Waals surface area contributed by atoms with E-state index in [4.69, 9.17) is 4.74 Å². The molecule has 1 heterocycles.